The van der Waals surface area contributed by atoms with E-state index in [-0.39, 0.29) is 11.2 Å². The van der Waals surface area contributed by atoms with Gasteiger partial charge in [0.15, 0.2) is 0 Å². The Morgan fingerprint density at radius 1 is 0.941 bits per heavy atom. The zero-order valence-electron chi connectivity index (χ0n) is 11.1. The molecule has 0 bridgehead atoms. The van der Waals surface area contributed by atoms with E-state index in [0.29, 0.717) is 17.6 Å². The van der Waals surface area contributed by atoms with Crippen molar-refractivity contribution in [2.45, 2.75) is 88.6 Å². The van der Waals surface area contributed by atoms with Gasteiger partial charge >= 0.3 is 0 Å². The van der Waals surface area contributed by atoms with Gasteiger partial charge in [-0.3, -0.25) is 0 Å². The summed E-state index contributed by atoms with van der Waals surface area (Å²) in [6.45, 7) is 4.81. The molecular formula is C15H24O2. The monoisotopic (exact) mass is 236 g/mol. The fourth-order valence-corrected chi connectivity index (χ4v) is 4.68. The molecule has 4 rings (SSSR count). The van der Waals surface area contributed by atoms with Gasteiger partial charge in [0.05, 0.1) is 17.8 Å². The van der Waals surface area contributed by atoms with Crippen LogP contribution in [0.1, 0.15) is 65.2 Å². The highest BCUT2D eigenvalue weighted by Crippen LogP contribution is 2.65. The van der Waals surface area contributed by atoms with E-state index in [9.17, 15) is 0 Å². The maximum absolute atomic E-state index is 6.20. The Morgan fingerprint density at radius 2 is 1.76 bits per heavy atom. The standard InChI is InChI=1S/C15H24O2/c1-13(2)8-5-7-12-15(13,17-12)10-14-9-4-3-6-11(14)16-14/h11-12H,3-10H2,1-2H3. The van der Waals surface area contributed by atoms with Crippen molar-refractivity contribution in [3.05, 3.63) is 0 Å². The summed E-state index contributed by atoms with van der Waals surface area (Å²) in [5.74, 6) is 0. The van der Waals surface area contributed by atoms with Gasteiger partial charge in [-0.25, -0.2) is 0 Å². The summed E-state index contributed by atoms with van der Waals surface area (Å²) in [6.07, 6.45) is 11.6. The zero-order chi connectivity index (χ0) is 11.7. The van der Waals surface area contributed by atoms with E-state index in [0.717, 1.165) is 0 Å². The molecule has 0 N–H and O–H groups in total. The normalized spacial score (nSPS) is 54.7. The van der Waals surface area contributed by atoms with Crippen LogP contribution < -0.4 is 0 Å². The van der Waals surface area contributed by atoms with Crippen LogP contribution in [0.4, 0.5) is 0 Å². The van der Waals surface area contributed by atoms with Crippen molar-refractivity contribution in [2.75, 3.05) is 0 Å². The molecule has 0 spiro atoms. The minimum absolute atomic E-state index is 0.178. The second kappa shape index (κ2) is 3.08. The number of fused-ring (bicyclic) bond motifs is 2. The van der Waals surface area contributed by atoms with Crippen molar-refractivity contribution in [2.24, 2.45) is 5.41 Å². The summed E-state index contributed by atoms with van der Waals surface area (Å²) >= 11 is 0. The van der Waals surface area contributed by atoms with Crippen molar-refractivity contribution in [3.63, 3.8) is 0 Å². The molecule has 2 heterocycles. The van der Waals surface area contributed by atoms with E-state index in [4.69, 9.17) is 9.47 Å². The molecule has 0 aromatic carbocycles. The molecule has 0 radical (unpaired) electrons. The van der Waals surface area contributed by atoms with Crippen LogP contribution in [0.5, 0.6) is 0 Å². The van der Waals surface area contributed by atoms with Gasteiger partial charge in [0, 0.05) is 6.42 Å². The summed E-state index contributed by atoms with van der Waals surface area (Å²) < 4.78 is 12.3. The third-order valence-electron chi connectivity index (χ3n) is 6.01. The van der Waals surface area contributed by atoms with Crippen LogP contribution in [0.3, 0.4) is 0 Å². The first-order chi connectivity index (χ1) is 8.08. The molecule has 2 aliphatic heterocycles. The molecule has 2 heteroatoms. The average Bonchev–Trinajstić information content (AvgIpc) is 3.13. The maximum atomic E-state index is 6.20. The summed E-state index contributed by atoms with van der Waals surface area (Å²) in [5.41, 5.74) is 0.775. The predicted molar refractivity (Wildman–Crippen MR) is 65.9 cm³/mol. The number of epoxide rings is 2. The van der Waals surface area contributed by atoms with Crippen molar-refractivity contribution >= 4 is 0 Å². The zero-order valence-corrected chi connectivity index (χ0v) is 11.1. The first-order valence-electron chi connectivity index (χ1n) is 7.44. The van der Waals surface area contributed by atoms with Crippen LogP contribution >= 0.6 is 0 Å². The molecule has 4 atom stereocenters. The Labute approximate surface area is 104 Å². The van der Waals surface area contributed by atoms with Crippen LogP contribution in [0.25, 0.3) is 0 Å². The second-order valence-corrected chi connectivity index (χ2v) is 7.37. The molecule has 2 saturated carbocycles. The Kier molecular flexibility index (Phi) is 1.96. The molecule has 0 amide bonds. The van der Waals surface area contributed by atoms with Crippen molar-refractivity contribution in [3.8, 4) is 0 Å². The molecule has 2 aliphatic carbocycles. The van der Waals surface area contributed by atoms with Gasteiger partial charge in [-0.2, -0.15) is 0 Å². The summed E-state index contributed by atoms with van der Waals surface area (Å²) in [6, 6.07) is 0. The van der Waals surface area contributed by atoms with E-state index >= 15 is 0 Å². The highest BCUT2D eigenvalue weighted by atomic mass is 16.6. The quantitative estimate of drug-likeness (QED) is 0.686. The van der Waals surface area contributed by atoms with Gasteiger partial charge in [0.1, 0.15) is 5.60 Å². The summed E-state index contributed by atoms with van der Waals surface area (Å²) in [5, 5.41) is 0. The first kappa shape index (κ1) is 10.8. The van der Waals surface area contributed by atoms with E-state index in [1.807, 2.05) is 0 Å². The first-order valence-corrected chi connectivity index (χ1v) is 7.44. The Morgan fingerprint density at radius 3 is 2.53 bits per heavy atom. The van der Waals surface area contributed by atoms with E-state index in [1.54, 1.807) is 0 Å². The van der Waals surface area contributed by atoms with Gasteiger partial charge < -0.3 is 9.47 Å². The molecule has 4 aliphatic rings. The van der Waals surface area contributed by atoms with Crippen LogP contribution in [0.2, 0.25) is 0 Å². The van der Waals surface area contributed by atoms with Gasteiger partial charge in [0.25, 0.3) is 0 Å². The minimum Gasteiger partial charge on any atom is -0.366 e. The van der Waals surface area contributed by atoms with Gasteiger partial charge in [-0.1, -0.05) is 33.1 Å². The largest absolute Gasteiger partial charge is 0.366 e. The van der Waals surface area contributed by atoms with Crippen LogP contribution in [-0.2, 0) is 9.47 Å². The maximum Gasteiger partial charge on any atom is 0.103 e. The number of rotatable bonds is 2. The third-order valence-corrected chi connectivity index (χ3v) is 6.01. The highest BCUT2D eigenvalue weighted by Gasteiger charge is 2.72. The minimum atomic E-state index is 0.178. The third kappa shape index (κ3) is 1.34. The van der Waals surface area contributed by atoms with E-state index in [1.165, 1.54) is 51.4 Å². The smallest absolute Gasteiger partial charge is 0.103 e. The lowest BCUT2D eigenvalue weighted by atomic mass is 9.64. The lowest BCUT2D eigenvalue weighted by Gasteiger charge is -2.37. The lowest BCUT2D eigenvalue weighted by Crippen LogP contribution is -2.42. The van der Waals surface area contributed by atoms with Crippen molar-refractivity contribution in [1.82, 2.24) is 0 Å². The van der Waals surface area contributed by atoms with Gasteiger partial charge in [0.2, 0.25) is 0 Å². The molecule has 0 aromatic rings. The number of hydrogen-bond donors (Lipinski definition) is 0. The molecule has 4 unspecified atom stereocenters. The van der Waals surface area contributed by atoms with Gasteiger partial charge in [-0.15, -0.1) is 0 Å². The molecule has 2 nitrogen and oxygen atoms in total. The summed E-state index contributed by atoms with van der Waals surface area (Å²) in [7, 11) is 0. The predicted octanol–water partition coefficient (Wildman–Crippen LogP) is 3.44. The van der Waals surface area contributed by atoms with E-state index < -0.39 is 0 Å². The molecule has 96 valence electrons. The second-order valence-electron chi connectivity index (χ2n) is 7.37. The summed E-state index contributed by atoms with van der Waals surface area (Å²) in [4.78, 5) is 0. The molecule has 4 fully saturated rings. The Balaban J connectivity index is 1.56. The van der Waals surface area contributed by atoms with Crippen LogP contribution in [0, 0.1) is 5.41 Å². The Bertz CT molecular complexity index is 351. The van der Waals surface area contributed by atoms with Crippen molar-refractivity contribution in [1.29, 1.82) is 0 Å². The van der Waals surface area contributed by atoms with Crippen LogP contribution in [-0.4, -0.2) is 23.4 Å². The Hall–Kier alpha value is -0.0800. The van der Waals surface area contributed by atoms with Crippen LogP contribution in [0.15, 0.2) is 0 Å². The molecule has 17 heavy (non-hydrogen) atoms. The number of ether oxygens (including phenoxy) is 2. The molecule has 0 aromatic heterocycles. The molecular weight excluding hydrogens is 212 g/mol. The topological polar surface area (TPSA) is 25.1 Å². The van der Waals surface area contributed by atoms with Crippen molar-refractivity contribution < 1.29 is 9.47 Å². The highest BCUT2D eigenvalue weighted by molar-refractivity contribution is 5.21. The SMILES string of the molecule is CC1(C)CCCC2OC21CC12CCCCC1O2. The average molecular weight is 236 g/mol. The fraction of sp³-hybridized carbons (Fsp3) is 1.00. The van der Waals surface area contributed by atoms with Gasteiger partial charge in [-0.05, 0) is 31.1 Å². The number of hydrogen-bond acceptors (Lipinski definition) is 2. The lowest BCUT2D eigenvalue weighted by molar-refractivity contribution is 0.0817. The fourth-order valence-electron chi connectivity index (χ4n) is 4.68. The van der Waals surface area contributed by atoms with E-state index in [2.05, 4.69) is 13.8 Å². The molecule has 2 saturated heterocycles.